The Hall–Kier alpha value is -0.340. The van der Waals surface area contributed by atoms with Crippen LogP contribution in [0.2, 0.25) is 0 Å². The molecule has 1 nitrogen and oxygen atoms in total. The molecule has 1 rings (SSSR count). The smallest absolute Gasteiger partial charge is 0.0407 e. The molecule has 1 aliphatic heterocycles. The first-order valence-electron chi connectivity index (χ1n) is 3.94. The second kappa shape index (κ2) is 4.06. The van der Waals surface area contributed by atoms with E-state index in [0.29, 0.717) is 0 Å². The van der Waals surface area contributed by atoms with Crippen molar-refractivity contribution in [2.75, 3.05) is 0 Å². The Morgan fingerprint density at radius 1 is 1.42 bits per heavy atom. The van der Waals surface area contributed by atoms with Gasteiger partial charge in [0.2, 0.25) is 0 Å². The van der Waals surface area contributed by atoms with Crippen molar-refractivity contribution in [2.24, 2.45) is 0 Å². The van der Waals surface area contributed by atoms with Gasteiger partial charge in [-0.2, -0.15) is 0 Å². The summed E-state index contributed by atoms with van der Waals surface area (Å²) in [6.45, 7) is 6.51. The first-order valence-corrected chi connectivity index (χ1v) is 6.26. The van der Waals surface area contributed by atoms with Gasteiger partial charge >= 0.3 is 0 Å². The zero-order chi connectivity index (χ0) is 9.03. The van der Waals surface area contributed by atoms with Gasteiger partial charge in [0.1, 0.15) is 0 Å². The fourth-order valence-electron chi connectivity index (χ4n) is 0.853. The van der Waals surface area contributed by atoms with Gasteiger partial charge in [0.25, 0.3) is 0 Å². The van der Waals surface area contributed by atoms with Crippen molar-refractivity contribution in [1.29, 1.82) is 0 Å². The highest BCUT2D eigenvalue weighted by Gasteiger charge is 2.08. The molecule has 0 fully saturated rings. The predicted molar refractivity (Wildman–Crippen MR) is 63.7 cm³/mol. The van der Waals surface area contributed by atoms with Gasteiger partial charge in [-0.3, -0.25) is 0 Å². The summed E-state index contributed by atoms with van der Waals surface area (Å²) in [6, 6.07) is 0. The van der Waals surface area contributed by atoms with E-state index < -0.39 is 0 Å². The predicted octanol–water partition coefficient (Wildman–Crippen LogP) is 2.71. The summed E-state index contributed by atoms with van der Waals surface area (Å²) in [4.78, 5) is 0. The second-order valence-electron chi connectivity index (χ2n) is 3.68. The third kappa shape index (κ3) is 3.88. The fraction of sp³-hybridized carbons (Fsp3) is 0.400. The molecule has 0 amide bonds. The van der Waals surface area contributed by atoms with Gasteiger partial charge in [-0.15, -0.1) is 0 Å². The second-order valence-corrected chi connectivity index (χ2v) is 5.55. The molecule has 1 N–H and O–H groups in total. The summed E-state index contributed by atoms with van der Waals surface area (Å²) in [6.07, 6.45) is 6.14. The molecule has 0 bridgehead atoms. The van der Waals surface area contributed by atoms with E-state index in [1.807, 2.05) is 12.2 Å². The van der Waals surface area contributed by atoms with Gasteiger partial charge < -0.3 is 5.32 Å². The molecule has 0 radical (unpaired) electrons. The van der Waals surface area contributed by atoms with Crippen LogP contribution in [0, 0.1) is 0 Å². The monoisotopic (exact) mass is 275 g/mol. The normalized spacial score (nSPS) is 16.4. The quantitative estimate of drug-likeness (QED) is 0.725. The third-order valence-electron chi connectivity index (χ3n) is 1.19. The lowest BCUT2D eigenvalue weighted by atomic mass is 10.1. The molecule has 0 spiro atoms. The standard InChI is InChI=1S/C10H14IN/c1-10(2,3)12-9-6-4-5-7-11-8-9/h4-6,8,12H,1-3H3. The number of hydrogen-bond donors (Lipinski definition) is 1. The summed E-state index contributed by atoms with van der Waals surface area (Å²) in [5.74, 6) is 0. The van der Waals surface area contributed by atoms with Crippen molar-refractivity contribution in [3.63, 3.8) is 0 Å². The average Bonchev–Trinajstić information content (AvgIpc) is 2.12. The van der Waals surface area contributed by atoms with Crippen LogP contribution in [-0.2, 0) is 0 Å². The van der Waals surface area contributed by atoms with Crippen LogP contribution < -0.4 is 5.32 Å². The fourth-order valence-corrected chi connectivity index (χ4v) is 2.15. The number of hydrogen-bond acceptors (Lipinski definition) is 1. The van der Waals surface area contributed by atoms with Gasteiger partial charge in [-0.25, -0.2) is 0 Å². The molecule has 0 unspecified atom stereocenters. The first-order chi connectivity index (χ1) is 5.58. The number of nitrogens with one attached hydrogen (secondary N) is 1. The minimum Gasteiger partial charge on any atom is -0.380 e. The summed E-state index contributed by atoms with van der Waals surface area (Å²) in [7, 11) is 0. The van der Waals surface area contributed by atoms with Gasteiger partial charge in [0, 0.05) is 15.3 Å². The zero-order valence-electron chi connectivity index (χ0n) is 7.69. The maximum atomic E-state index is 3.44. The highest BCUT2D eigenvalue weighted by molar-refractivity contribution is 14.2. The van der Waals surface area contributed by atoms with Crippen LogP contribution in [0.1, 0.15) is 20.8 Å². The van der Waals surface area contributed by atoms with Crippen LogP contribution in [0.15, 0.2) is 28.0 Å². The van der Waals surface area contributed by atoms with Crippen molar-refractivity contribution in [1.82, 2.24) is 5.32 Å². The third-order valence-corrected chi connectivity index (χ3v) is 2.89. The Balaban J connectivity index is 2.67. The van der Waals surface area contributed by atoms with Crippen molar-refractivity contribution < 1.29 is 0 Å². The Bertz CT molecular complexity index is 273. The Morgan fingerprint density at radius 3 is 2.83 bits per heavy atom. The van der Waals surface area contributed by atoms with E-state index in [2.05, 4.69) is 39.9 Å². The molecule has 1 aliphatic rings. The molecule has 0 atom stereocenters. The Kier molecular flexibility index (Phi) is 3.29. The zero-order valence-corrected chi connectivity index (χ0v) is 9.84. The number of halogens is 1. The molecule has 0 aromatic carbocycles. The van der Waals surface area contributed by atoms with E-state index in [9.17, 15) is 0 Å². The van der Waals surface area contributed by atoms with Crippen LogP contribution in [0.4, 0.5) is 0 Å². The summed E-state index contributed by atoms with van der Waals surface area (Å²) in [5, 5.41) is 3.44. The molecule has 0 aromatic rings. The number of allylic oxidation sites excluding steroid dienone is 3. The highest BCUT2D eigenvalue weighted by Crippen LogP contribution is 2.10. The van der Waals surface area contributed by atoms with Gasteiger partial charge in [0.05, 0.1) is 0 Å². The largest absolute Gasteiger partial charge is 0.380 e. The number of rotatable bonds is 1. The van der Waals surface area contributed by atoms with E-state index in [1.54, 1.807) is 0 Å². The lowest BCUT2D eigenvalue weighted by molar-refractivity contribution is 0.480. The molecule has 0 saturated heterocycles. The molecule has 1 heterocycles. The van der Waals surface area contributed by atoms with Crippen molar-refractivity contribution in [3.8, 4) is 0 Å². The Labute approximate surface area is 84.0 Å². The van der Waals surface area contributed by atoms with E-state index >= 15 is 0 Å². The van der Waals surface area contributed by atoms with Gasteiger partial charge in [-0.1, -0.05) is 9.74 Å². The van der Waals surface area contributed by atoms with Gasteiger partial charge in [-0.05, 0) is 53.7 Å². The van der Waals surface area contributed by atoms with Crippen LogP contribution in [0.5, 0.6) is 0 Å². The molecule has 66 valence electrons. The molecule has 2 heteroatoms. The van der Waals surface area contributed by atoms with E-state index in [4.69, 9.17) is 0 Å². The van der Waals surface area contributed by atoms with E-state index in [0.717, 1.165) is 0 Å². The SMILES string of the molecule is CC(C)(C)NC1=CI=C=CC=C1. The Morgan fingerprint density at radius 2 is 2.17 bits per heavy atom. The van der Waals surface area contributed by atoms with E-state index in [-0.39, 0.29) is 26.3 Å². The van der Waals surface area contributed by atoms with Gasteiger partial charge in [0.15, 0.2) is 0 Å². The minimum absolute atomic E-state index is 0.000285. The van der Waals surface area contributed by atoms with Crippen LogP contribution >= 0.6 is 20.7 Å². The van der Waals surface area contributed by atoms with Crippen molar-refractivity contribution >= 4 is 24.4 Å². The molecular weight excluding hydrogens is 261 g/mol. The summed E-state index contributed by atoms with van der Waals surface area (Å²) in [5.41, 5.74) is 1.39. The minimum atomic E-state index is -0.000285. The average molecular weight is 275 g/mol. The van der Waals surface area contributed by atoms with Crippen LogP contribution in [0.25, 0.3) is 0 Å². The molecule has 12 heavy (non-hydrogen) atoms. The summed E-state index contributed by atoms with van der Waals surface area (Å²) >= 11 is -0.000285. The summed E-state index contributed by atoms with van der Waals surface area (Å²) < 4.78 is 5.50. The molecule has 0 aromatic heterocycles. The highest BCUT2D eigenvalue weighted by atomic mass is 127. The topological polar surface area (TPSA) is 12.0 Å². The lowest BCUT2D eigenvalue weighted by Gasteiger charge is -2.22. The van der Waals surface area contributed by atoms with Crippen molar-refractivity contribution in [2.45, 2.75) is 26.3 Å². The maximum absolute atomic E-state index is 3.44. The first kappa shape index (κ1) is 9.75. The maximum Gasteiger partial charge on any atom is 0.0407 e. The van der Waals surface area contributed by atoms with Crippen LogP contribution in [0.3, 0.4) is 0 Å². The lowest BCUT2D eigenvalue weighted by Crippen LogP contribution is -2.34. The van der Waals surface area contributed by atoms with Crippen LogP contribution in [-0.4, -0.2) is 9.21 Å². The van der Waals surface area contributed by atoms with E-state index in [1.165, 1.54) is 5.70 Å². The molecule has 0 saturated carbocycles. The molecular formula is C10H14IN. The molecule has 0 aliphatic carbocycles. The van der Waals surface area contributed by atoms with Crippen molar-refractivity contribution in [3.05, 3.63) is 28.0 Å².